The van der Waals surface area contributed by atoms with Gasteiger partial charge in [-0.3, -0.25) is 9.78 Å². The smallest absolute Gasteiger partial charge is 0.316 e. The van der Waals surface area contributed by atoms with E-state index in [1.807, 2.05) is 47.4 Å². The fraction of sp³-hybridized carbons (Fsp3) is 0.192. The molecule has 0 fully saturated rings. The molecule has 0 saturated carbocycles. The van der Waals surface area contributed by atoms with E-state index in [1.54, 1.807) is 18.3 Å². The molecule has 0 saturated heterocycles. The Hall–Kier alpha value is -3.77. The molecule has 6 heteroatoms. The van der Waals surface area contributed by atoms with Crippen LogP contribution in [-0.2, 0) is 13.1 Å². The number of anilines is 1. The molecule has 32 heavy (non-hydrogen) atoms. The maximum Gasteiger partial charge on any atom is 0.322 e. The topological polar surface area (TPSA) is 74.3 Å². The van der Waals surface area contributed by atoms with E-state index in [-0.39, 0.29) is 17.9 Å². The molecule has 1 atom stereocenters. The van der Waals surface area contributed by atoms with Gasteiger partial charge in [0.25, 0.3) is 0 Å². The lowest BCUT2D eigenvalue weighted by Crippen LogP contribution is -2.40. The third-order valence-corrected chi connectivity index (χ3v) is 6.01. The molecule has 2 amide bonds. The van der Waals surface area contributed by atoms with Crippen LogP contribution in [0.25, 0.3) is 5.57 Å². The number of ketones is 1. The highest BCUT2D eigenvalue weighted by Gasteiger charge is 2.25. The van der Waals surface area contributed by atoms with E-state index in [2.05, 4.69) is 33.8 Å². The van der Waals surface area contributed by atoms with Crippen LogP contribution in [-0.4, -0.2) is 34.3 Å². The molecule has 160 valence electrons. The van der Waals surface area contributed by atoms with Crippen molar-refractivity contribution in [3.63, 3.8) is 0 Å². The molecule has 2 aromatic carbocycles. The van der Waals surface area contributed by atoms with Crippen LogP contribution in [0.2, 0.25) is 0 Å². The van der Waals surface area contributed by atoms with E-state index in [0.717, 1.165) is 16.8 Å². The van der Waals surface area contributed by atoms with Crippen LogP contribution in [0.4, 0.5) is 10.5 Å². The zero-order chi connectivity index (χ0) is 21.9. The number of Topliss-reactive ketones (excluding diaryl/α,β-unsaturated/α-hetero) is 1. The van der Waals surface area contributed by atoms with Gasteiger partial charge in [0.15, 0.2) is 5.78 Å². The van der Waals surface area contributed by atoms with E-state index in [0.29, 0.717) is 31.7 Å². The summed E-state index contributed by atoms with van der Waals surface area (Å²) in [5.41, 5.74) is 5.80. The molecule has 2 N–H and O–H groups in total. The van der Waals surface area contributed by atoms with Crippen LogP contribution in [0.1, 0.15) is 33.6 Å². The number of pyridine rings is 1. The van der Waals surface area contributed by atoms with Crippen molar-refractivity contribution in [2.75, 3.05) is 11.9 Å². The number of nitrogens with zero attached hydrogens (tertiary/aromatic N) is 2. The molecule has 3 aromatic rings. The molecule has 5 rings (SSSR count). The zero-order valence-electron chi connectivity index (χ0n) is 17.6. The summed E-state index contributed by atoms with van der Waals surface area (Å²) < 4.78 is 0. The molecule has 0 radical (unpaired) electrons. The first kappa shape index (κ1) is 20.2. The first-order valence-corrected chi connectivity index (χ1v) is 10.8. The van der Waals surface area contributed by atoms with Crippen molar-refractivity contribution in [3.8, 4) is 0 Å². The first-order chi connectivity index (χ1) is 15.7. The average molecular weight is 425 g/mol. The summed E-state index contributed by atoms with van der Waals surface area (Å²) in [4.78, 5) is 31.4. The fourth-order valence-electron chi connectivity index (χ4n) is 4.25. The van der Waals surface area contributed by atoms with Crippen molar-refractivity contribution in [3.05, 3.63) is 101 Å². The molecule has 0 bridgehead atoms. The van der Waals surface area contributed by atoms with Crippen LogP contribution in [0.3, 0.4) is 0 Å². The number of amides is 2. The van der Waals surface area contributed by atoms with Gasteiger partial charge in [0.05, 0.1) is 6.04 Å². The number of aromatic nitrogens is 1. The van der Waals surface area contributed by atoms with Gasteiger partial charge in [0.1, 0.15) is 5.69 Å². The third kappa shape index (κ3) is 4.18. The maximum atomic E-state index is 12.8. The summed E-state index contributed by atoms with van der Waals surface area (Å²) in [6.45, 7) is 1.89. The maximum absolute atomic E-state index is 12.8. The van der Waals surface area contributed by atoms with Gasteiger partial charge >= 0.3 is 6.03 Å². The van der Waals surface area contributed by atoms with E-state index < -0.39 is 0 Å². The number of urea groups is 1. The molecule has 3 heterocycles. The molecular formula is C26H24N4O2. The van der Waals surface area contributed by atoms with Crippen LogP contribution in [0.5, 0.6) is 0 Å². The second-order valence-electron chi connectivity index (χ2n) is 8.11. The largest absolute Gasteiger partial charge is 0.322 e. The highest BCUT2D eigenvalue weighted by molar-refractivity contribution is 5.99. The first-order valence-electron chi connectivity index (χ1n) is 10.8. The predicted molar refractivity (Wildman–Crippen MR) is 124 cm³/mol. The number of hydrogen-bond donors (Lipinski definition) is 2. The van der Waals surface area contributed by atoms with Gasteiger partial charge in [0.2, 0.25) is 0 Å². The Labute approximate surface area is 187 Å². The van der Waals surface area contributed by atoms with E-state index >= 15 is 0 Å². The lowest BCUT2D eigenvalue weighted by atomic mass is 9.92. The summed E-state index contributed by atoms with van der Waals surface area (Å²) in [5, 5.41) is 6.26. The standard InChI is InChI=1S/C26H24N4O2/c31-25(23-7-3-4-13-27-23)24-15-19(12-14-28-24)18-8-10-22(11-9-18)29-26(32)30-16-20-5-1-2-6-21(20)17-30/h1-13,24,28H,14-17H2,(H,29,32). The number of carbonyl (C=O) groups is 2. The number of hydrogen-bond acceptors (Lipinski definition) is 4. The molecule has 0 aliphatic carbocycles. The Bertz CT molecular complexity index is 1150. The Morgan fingerprint density at radius 2 is 1.66 bits per heavy atom. The Balaban J connectivity index is 1.22. The number of nitrogens with one attached hydrogen (secondary N) is 2. The van der Waals surface area contributed by atoms with Crippen molar-refractivity contribution in [2.45, 2.75) is 25.6 Å². The monoisotopic (exact) mass is 424 g/mol. The molecule has 6 nitrogen and oxygen atoms in total. The summed E-state index contributed by atoms with van der Waals surface area (Å²) in [5.74, 6) is 0.00620. The molecule has 0 spiro atoms. The predicted octanol–water partition coefficient (Wildman–Crippen LogP) is 4.26. The van der Waals surface area contributed by atoms with Gasteiger partial charge < -0.3 is 15.5 Å². The highest BCUT2D eigenvalue weighted by atomic mass is 16.2. The number of fused-ring (bicyclic) bond motifs is 1. The van der Waals surface area contributed by atoms with Crippen molar-refractivity contribution < 1.29 is 9.59 Å². The quantitative estimate of drug-likeness (QED) is 0.614. The minimum Gasteiger partial charge on any atom is -0.316 e. The molecule has 2 aliphatic rings. The number of rotatable bonds is 4. The van der Waals surface area contributed by atoms with Crippen LogP contribution in [0.15, 0.2) is 79.0 Å². The summed E-state index contributed by atoms with van der Waals surface area (Å²) in [6, 6.07) is 20.9. The van der Waals surface area contributed by atoms with Gasteiger partial charge in [-0.15, -0.1) is 0 Å². The van der Waals surface area contributed by atoms with Gasteiger partial charge in [0, 0.05) is 31.5 Å². The minimum absolute atomic E-state index is 0.00620. The van der Waals surface area contributed by atoms with Crippen molar-refractivity contribution >= 4 is 23.1 Å². The Morgan fingerprint density at radius 1 is 0.938 bits per heavy atom. The van der Waals surface area contributed by atoms with Crippen LogP contribution >= 0.6 is 0 Å². The lowest BCUT2D eigenvalue weighted by molar-refractivity contribution is 0.0940. The third-order valence-electron chi connectivity index (χ3n) is 6.01. The van der Waals surface area contributed by atoms with Crippen molar-refractivity contribution in [2.24, 2.45) is 0 Å². The second kappa shape index (κ2) is 8.77. The minimum atomic E-state index is -0.291. The SMILES string of the molecule is O=C(c1ccccn1)C1CC(c2ccc(NC(=O)N3Cc4ccccc4C3)cc2)=CCN1. The van der Waals surface area contributed by atoms with Gasteiger partial charge in [-0.25, -0.2) is 4.79 Å². The van der Waals surface area contributed by atoms with Crippen LogP contribution < -0.4 is 10.6 Å². The number of carbonyl (C=O) groups excluding carboxylic acids is 2. The van der Waals surface area contributed by atoms with Gasteiger partial charge in [-0.2, -0.15) is 0 Å². The molecular weight excluding hydrogens is 400 g/mol. The Kier molecular flexibility index (Phi) is 5.52. The summed E-state index contributed by atoms with van der Waals surface area (Å²) in [7, 11) is 0. The van der Waals surface area contributed by atoms with E-state index in [1.165, 1.54) is 11.1 Å². The average Bonchev–Trinajstić information content (AvgIpc) is 3.29. The van der Waals surface area contributed by atoms with Crippen LogP contribution in [0, 0.1) is 0 Å². The van der Waals surface area contributed by atoms with Gasteiger partial charge in [-0.1, -0.05) is 48.5 Å². The van der Waals surface area contributed by atoms with Crippen molar-refractivity contribution in [1.29, 1.82) is 0 Å². The highest BCUT2D eigenvalue weighted by Crippen LogP contribution is 2.26. The van der Waals surface area contributed by atoms with E-state index in [9.17, 15) is 9.59 Å². The van der Waals surface area contributed by atoms with Crippen molar-refractivity contribution in [1.82, 2.24) is 15.2 Å². The van der Waals surface area contributed by atoms with Gasteiger partial charge in [-0.05, 0) is 52.9 Å². The second-order valence-corrected chi connectivity index (χ2v) is 8.11. The number of benzene rings is 2. The molecule has 1 aromatic heterocycles. The Morgan fingerprint density at radius 3 is 2.34 bits per heavy atom. The fourth-order valence-corrected chi connectivity index (χ4v) is 4.25. The molecule has 1 unspecified atom stereocenters. The lowest BCUT2D eigenvalue weighted by Gasteiger charge is -2.23. The molecule has 2 aliphatic heterocycles. The normalized spacial score (nSPS) is 17.4. The summed E-state index contributed by atoms with van der Waals surface area (Å²) >= 11 is 0. The van der Waals surface area contributed by atoms with E-state index in [4.69, 9.17) is 0 Å². The zero-order valence-corrected chi connectivity index (χ0v) is 17.6. The summed E-state index contributed by atoms with van der Waals surface area (Å²) in [6.07, 6.45) is 4.35.